The summed E-state index contributed by atoms with van der Waals surface area (Å²) in [6.07, 6.45) is 6.33. The van der Waals surface area contributed by atoms with Crippen molar-refractivity contribution in [3.63, 3.8) is 0 Å². The van der Waals surface area contributed by atoms with Crippen molar-refractivity contribution in [1.82, 2.24) is 0 Å². The number of carboxylic acids is 1. The van der Waals surface area contributed by atoms with Crippen LogP contribution in [0.25, 0.3) is 0 Å². The number of unbranched alkanes of at least 4 members (excludes halogenated alkanes) is 5. The van der Waals surface area contributed by atoms with Crippen molar-refractivity contribution in [3.05, 3.63) is 0 Å². The van der Waals surface area contributed by atoms with Gasteiger partial charge in [-0.25, -0.2) is 0 Å². The van der Waals surface area contributed by atoms with Gasteiger partial charge in [0.2, 0.25) is 0 Å². The van der Waals surface area contributed by atoms with E-state index in [-0.39, 0.29) is 19.0 Å². The molecule has 5 heteroatoms. The Balaban J connectivity index is 3.17. The first-order valence-electron chi connectivity index (χ1n) is 6.65. The van der Waals surface area contributed by atoms with Gasteiger partial charge in [-0.2, -0.15) is 0 Å². The molecule has 0 atom stereocenters. The topological polar surface area (TPSA) is 83.8 Å². The molecule has 0 aliphatic rings. The molecule has 2 N–H and O–H groups in total. The minimum atomic E-state index is -0.749. The largest absolute Gasteiger partial charge is 0.481 e. The predicted molar refractivity (Wildman–Crippen MR) is 67.2 cm³/mol. The Hall–Kier alpha value is -1.10. The molecule has 0 saturated heterocycles. The van der Waals surface area contributed by atoms with Crippen molar-refractivity contribution in [2.75, 3.05) is 13.2 Å². The van der Waals surface area contributed by atoms with Gasteiger partial charge in [-0.15, -0.1) is 0 Å². The Morgan fingerprint density at radius 1 is 0.833 bits per heavy atom. The zero-order valence-electron chi connectivity index (χ0n) is 10.9. The van der Waals surface area contributed by atoms with Crippen LogP contribution in [0.2, 0.25) is 0 Å². The van der Waals surface area contributed by atoms with E-state index in [9.17, 15) is 9.59 Å². The van der Waals surface area contributed by atoms with Gasteiger partial charge in [0.05, 0.1) is 6.61 Å². The van der Waals surface area contributed by atoms with E-state index in [4.69, 9.17) is 14.9 Å². The lowest BCUT2D eigenvalue weighted by Crippen LogP contribution is -2.06. The highest BCUT2D eigenvalue weighted by molar-refractivity contribution is 5.69. The van der Waals surface area contributed by atoms with Gasteiger partial charge >= 0.3 is 11.9 Å². The second-order valence-corrected chi connectivity index (χ2v) is 4.31. The van der Waals surface area contributed by atoms with Crippen molar-refractivity contribution in [3.8, 4) is 0 Å². The summed E-state index contributed by atoms with van der Waals surface area (Å²) in [5.41, 5.74) is 0. The summed E-state index contributed by atoms with van der Waals surface area (Å²) in [6, 6.07) is 0. The molecule has 0 aromatic rings. The molecular formula is C13H24O5. The zero-order valence-corrected chi connectivity index (χ0v) is 10.9. The van der Waals surface area contributed by atoms with Crippen LogP contribution in [0.5, 0.6) is 0 Å². The second-order valence-electron chi connectivity index (χ2n) is 4.31. The van der Waals surface area contributed by atoms with Gasteiger partial charge in [-0.3, -0.25) is 9.59 Å². The lowest BCUT2D eigenvalue weighted by atomic mass is 10.1. The van der Waals surface area contributed by atoms with Gasteiger partial charge in [-0.1, -0.05) is 19.3 Å². The molecule has 5 nitrogen and oxygen atoms in total. The first kappa shape index (κ1) is 16.9. The van der Waals surface area contributed by atoms with Crippen molar-refractivity contribution < 1.29 is 24.5 Å². The first-order chi connectivity index (χ1) is 8.66. The summed E-state index contributed by atoms with van der Waals surface area (Å²) < 4.78 is 4.98. The third kappa shape index (κ3) is 13.0. The van der Waals surface area contributed by atoms with Gasteiger partial charge < -0.3 is 14.9 Å². The van der Waals surface area contributed by atoms with Crippen molar-refractivity contribution in [1.29, 1.82) is 0 Å². The van der Waals surface area contributed by atoms with Crippen LogP contribution in [0, 0.1) is 0 Å². The Labute approximate surface area is 108 Å². The number of aliphatic carboxylic acids is 1. The molecule has 0 amide bonds. The smallest absolute Gasteiger partial charge is 0.305 e. The Morgan fingerprint density at radius 2 is 1.44 bits per heavy atom. The molecule has 0 saturated carbocycles. The second kappa shape index (κ2) is 12.4. The summed E-state index contributed by atoms with van der Waals surface area (Å²) in [7, 11) is 0. The van der Waals surface area contributed by atoms with Crippen LogP contribution >= 0.6 is 0 Å². The molecule has 0 aromatic heterocycles. The van der Waals surface area contributed by atoms with Gasteiger partial charge in [0, 0.05) is 19.4 Å². The van der Waals surface area contributed by atoms with Crippen LogP contribution in [0.1, 0.15) is 57.8 Å². The van der Waals surface area contributed by atoms with Gasteiger partial charge in [0.25, 0.3) is 0 Å². The fourth-order valence-corrected chi connectivity index (χ4v) is 1.55. The van der Waals surface area contributed by atoms with E-state index in [2.05, 4.69) is 0 Å². The summed E-state index contributed by atoms with van der Waals surface area (Å²) in [6.45, 7) is 0.520. The van der Waals surface area contributed by atoms with E-state index >= 15 is 0 Å². The molecule has 0 bridgehead atoms. The van der Waals surface area contributed by atoms with Crippen LogP contribution < -0.4 is 0 Å². The van der Waals surface area contributed by atoms with Crippen molar-refractivity contribution in [2.24, 2.45) is 0 Å². The van der Waals surface area contributed by atoms with Crippen LogP contribution in [-0.2, 0) is 14.3 Å². The number of esters is 1. The minimum Gasteiger partial charge on any atom is -0.481 e. The monoisotopic (exact) mass is 260 g/mol. The molecule has 18 heavy (non-hydrogen) atoms. The summed E-state index contributed by atoms with van der Waals surface area (Å²) in [4.78, 5) is 21.5. The van der Waals surface area contributed by atoms with Crippen molar-refractivity contribution >= 4 is 11.9 Å². The number of aliphatic hydroxyl groups excluding tert-OH is 1. The quantitative estimate of drug-likeness (QED) is 0.415. The third-order valence-electron chi connectivity index (χ3n) is 2.59. The standard InChI is InChI=1S/C13H24O5/c14-10-6-7-11-18-13(17)9-5-3-1-2-4-8-12(15)16/h14H,1-11H2,(H,15,16). The first-order valence-corrected chi connectivity index (χ1v) is 6.65. The Bertz CT molecular complexity index is 227. The summed E-state index contributed by atoms with van der Waals surface area (Å²) >= 11 is 0. The molecule has 0 unspecified atom stereocenters. The van der Waals surface area contributed by atoms with E-state index in [1.54, 1.807) is 0 Å². The zero-order chi connectivity index (χ0) is 13.6. The fourth-order valence-electron chi connectivity index (χ4n) is 1.55. The van der Waals surface area contributed by atoms with Crippen LogP contribution in [0.15, 0.2) is 0 Å². The number of carbonyl (C=O) groups excluding carboxylic acids is 1. The molecule has 0 spiro atoms. The Kier molecular flexibility index (Phi) is 11.6. The number of hydrogen-bond donors (Lipinski definition) is 2. The average Bonchev–Trinajstić information content (AvgIpc) is 2.33. The van der Waals surface area contributed by atoms with Gasteiger partial charge in [-0.05, 0) is 25.7 Å². The predicted octanol–water partition coefficient (Wildman–Crippen LogP) is 2.12. The number of rotatable bonds is 12. The molecule has 0 rings (SSSR count). The molecule has 0 heterocycles. The highest BCUT2D eigenvalue weighted by Gasteiger charge is 2.02. The highest BCUT2D eigenvalue weighted by atomic mass is 16.5. The maximum Gasteiger partial charge on any atom is 0.305 e. The van der Waals surface area contributed by atoms with E-state index in [0.717, 1.165) is 25.7 Å². The molecule has 106 valence electrons. The van der Waals surface area contributed by atoms with Gasteiger partial charge in [0.15, 0.2) is 0 Å². The molecule has 0 radical (unpaired) electrons. The SMILES string of the molecule is O=C(O)CCCCCCCC(=O)OCCCCO. The minimum absolute atomic E-state index is 0.133. The van der Waals surface area contributed by atoms with E-state index in [1.165, 1.54) is 0 Å². The number of ether oxygens (including phenoxy) is 1. The molecule has 0 aliphatic carbocycles. The van der Waals surface area contributed by atoms with E-state index in [1.807, 2.05) is 0 Å². The van der Waals surface area contributed by atoms with Crippen LogP contribution in [0.4, 0.5) is 0 Å². The lowest BCUT2D eigenvalue weighted by molar-refractivity contribution is -0.144. The molecule has 0 aromatic carbocycles. The van der Waals surface area contributed by atoms with Gasteiger partial charge in [0.1, 0.15) is 0 Å². The van der Waals surface area contributed by atoms with Crippen LogP contribution in [0.3, 0.4) is 0 Å². The maximum absolute atomic E-state index is 11.2. The Morgan fingerprint density at radius 3 is 2.06 bits per heavy atom. The number of carboxylic acid groups (broad SMARTS) is 1. The molecule has 0 fully saturated rings. The molecular weight excluding hydrogens is 236 g/mol. The number of hydrogen-bond acceptors (Lipinski definition) is 4. The summed E-state index contributed by atoms with van der Waals surface area (Å²) in [5.74, 6) is -0.931. The van der Waals surface area contributed by atoms with Crippen molar-refractivity contribution in [2.45, 2.75) is 57.8 Å². The third-order valence-corrected chi connectivity index (χ3v) is 2.59. The van der Waals surface area contributed by atoms with Crippen LogP contribution in [-0.4, -0.2) is 35.4 Å². The van der Waals surface area contributed by atoms with E-state index < -0.39 is 5.97 Å². The average molecular weight is 260 g/mol. The lowest BCUT2D eigenvalue weighted by Gasteiger charge is -2.04. The fraction of sp³-hybridized carbons (Fsp3) is 0.846. The normalized spacial score (nSPS) is 10.3. The maximum atomic E-state index is 11.2. The van der Waals surface area contributed by atoms with E-state index in [0.29, 0.717) is 32.3 Å². The number of carbonyl (C=O) groups is 2. The number of aliphatic hydroxyl groups is 1. The summed E-state index contributed by atoms with van der Waals surface area (Å²) in [5, 5.41) is 17.0. The highest BCUT2D eigenvalue weighted by Crippen LogP contribution is 2.08. The molecule has 0 aliphatic heterocycles.